The van der Waals surface area contributed by atoms with Gasteiger partial charge in [0.15, 0.2) is 0 Å². The first-order valence-electron chi connectivity index (χ1n) is 14.8. The number of piperidine rings is 1. The summed E-state index contributed by atoms with van der Waals surface area (Å²) in [6.07, 6.45) is 6.08. The van der Waals surface area contributed by atoms with Crippen LogP contribution in [0.15, 0.2) is 54.7 Å². The largest absolute Gasteiger partial charge is 0.496 e. The van der Waals surface area contributed by atoms with E-state index in [0.29, 0.717) is 48.8 Å². The zero-order valence-electron chi connectivity index (χ0n) is 24.4. The summed E-state index contributed by atoms with van der Waals surface area (Å²) in [7, 11) is 1.50. The van der Waals surface area contributed by atoms with Crippen LogP contribution in [0.1, 0.15) is 53.7 Å². The highest BCUT2D eigenvalue weighted by Gasteiger charge is 2.36. The maximum Gasteiger partial charge on any atom is 0.323 e. The lowest BCUT2D eigenvalue weighted by Crippen LogP contribution is -2.54. The summed E-state index contributed by atoms with van der Waals surface area (Å²) >= 11 is 0. The Morgan fingerprint density at radius 3 is 2.77 bits per heavy atom. The van der Waals surface area contributed by atoms with Crippen LogP contribution < -0.4 is 10.1 Å². The number of rotatable bonds is 10. The second-order valence-electron chi connectivity index (χ2n) is 11.5. The Labute approximate surface area is 249 Å². The van der Waals surface area contributed by atoms with E-state index in [4.69, 9.17) is 9.47 Å². The predicted molar refractivity (Wildman–Crippen MR) is 160 cm³/mol. The first-order chi connectivity index (χ1) is 20.9. The average Bonchev–Trinajstić information content (AvgIpc) is 3.73. The lowest BCUT2D eigenvalue weighted by Gasteiger charge is -2.38. The fourth-order valence-corrected chi connectivity index (χ4v) is 5.86. The first-order valence-corrected chi connectivity index (χ1v) is 14.8. The van der Waals surface area contributed by atoms with Crippen LogP contribution in [0.4, 0.5) is 4.39 Å². The highest BCUT2D eigenvalue weighted by molar-refractivity contribution is 6.01. The molecule has 1 saturated carbocycles. The number of pyridine rings is 1. The number of esters is 1. The predicted octanol–water partition coefficient (Wildman–Crippen LogP) is 5.19. The molecule has 9 nitrogen and oxygen atoms in total. The Hall–Kier alpha value is -4.31. The summed E-state index contributed by atoms with van der Waals surface area (Å²) in [6.45, 7) is 2.83. The zero-order chi connectivity index (χ0) is 29.9. The third-order valence-electron chi connectivity index (χ3n) is 8.41. The van der Waals surface area contributed by atoms with Crippen molar-refractivity contribution in [3.8, 4) is 17.0 Å². The highest BCUT2D eigenvalue weighted by Crippen LogP contribution is 2.33. The molecule has 1 amide bonds. The number of carbonyl (C=O) groups excluding carboxylic acids is 2. The van der Waals surface area contributed by atoms with Crippen LogP contribution in [0, 0.1) is 18.7 Å². The molecular formula is C33H36FN5O4. The molecule has 224 valence electrons. The number of hydrogen-bond donors (Lipinski definition) is 2. The third kappa shape index (κ3) is 6.54. The van der Waals surface area contributed by atoms with E-state index in [1.165, 1.54) is 26.0 Å². The van der Waals surface area contributed by atoms with Crippen molar-refractivity contribution in [2.75, 3.05) is 20.3 Å². The molecule has 1 saturated heterocycles. The number of aromatic amines is 1. The molecule has 2 fully saturated rings. The summed E-state index contributed by atoms with van der Waals surface area (Å²) in [5.74, 6) is 0.146. The second-order valence-corrected chi connectivity index (χ2v) is 11.5. The van der Waals surface area contributed by atoms with Crippen molar-refractivity contribution in [2.45, 2.75) is 57.7 Å². The lowest BCUT2D eigenvalue weighted by molar-refractivity contribution is -0.152. The van der Waals surface area contributed by atoms with Gasteiger partial charge in [0.1, 0.15) is 23.3 Å². The fraction of sp³-hybridized carbons (Fsp3) is 0.394. The van der Waals surface area contributed by atoms with Gasteiger partial charge in [0, 0.05) is 53.1 Å². The molecule has 2 aromatic heterocycles. The van der Waals surface area contributed by atoms with Crippen molar-refractivity contribution >= 4 is 22.8 Å². The summed E-state index contributed by atoms with van der Waals surface area (Å²) in [5.41, 5.74) is 4.25. The number of nitrogens with one attached hydrogen (secondary N) is 2. The topological polar surface area (TPSA) is 109 Å². The van der Waals surface area contributed by atoms with Gasteiger partial charge >= 0.3 is 5.97 Å². The zero-order valence-corrected chi connectivity index (χ0v) is 24.4. The van der Waals surface area contributed by atoms with Gasteiger partial charge in [-0.25, -0.2) is 4.39 Å². The summed E-state index contributed by atoms with van der Waals surface area (Å²) in [6, 6.07) is 13.2. The molecule has 2 N–H and O–H groups in total. The normalized spacial score (nSPS) is 18.9. The van der Waals surface area contributed by atoms with E-state index in [1.54, 1.807) is 24.4 Å². The molecule has 2 atom stereocenters. The van der Waals surface area contributed by atoms with E-state index in [2.05, 4.69) is 20.5 Å². The van der Waals surface area contributed by atoms with Crippen molar-refractivity contribution in [2.24, 2.45) is 5.92 Å². The highest BCUT2D eigenvalue weighted by atomic mass is 19.1. The van der Waals surface area contributed by atoms with Gasteiger partial charge in [-0.05, 0) is 74.6 Å². The molecule has 0 bridgehead atoms. The van der Waals surface area contributed by atoms with Gasteiger partial charge < -0.3 is 14.8 Å². The minimum Gasteiger partial charge on any atom is -0.496 e. The molecule has 4 aromatic rings. The Morgan fingerprint density at radius 1 is 1.12 bits per heavy atom. The van der Waals surface area contributed by atoms with Crippen molar-refractivity contribution in [3.05, 3.63) is 77.4 Å². The van der Waals surface area contributed by atoms with Crippen LogP contribution in [0.25, 0.3) is 22.2 Å². The number of ether oxygens (including phenoxy) is 2. The van der Waals surface area contributed by atoms with E-state index in [1.807, 2.05) is 36.1 Å². The van der Waals surface area contributed by atoms with Crippen molar-refractivity contribution in [1.29, 1.82) is 0 Å². The molecule has 43 heavy (non-hydrogen) atoms. The van der Waals surface area contributed by atoms with Gasteiger partial charge in [0.25, 0.3) is 5.91 Å². The van der Waals surface area contributed by atoms with Gasteiger partial charge in [-0.15, -0.1) is 0 Å². The Bertz CT molecular complexity index is 1630. The van der Waals surface area contributed by atoms with Gasteiger partial charge in [0.05, 0.1) is 19.2 Å². The minimum absolute atomic E-state index is 0.153. The van der Waals surface area contributed by atoms with E-state index < -0.39 is 11.9 Å². The molecule has 6 rings (SSSR count). The van der Waals surface area contributed by atoms with Crippen LogP contribution >= 0.6 is 0 Å². The molecule has 0 unspecified atom stereocenters. The van der Waals surface area contributed by atoms with Crippen molar-refractivity contribution in [3.63, 3.8) is 0 Å². The smallest absolute Gasteiger partial charge is 0.323 e. The Balaban J connectivity index is 1.19. The van der Waals surface area contributed by atoms with Gasteiger partial charge in [-0.2, -0.15) is 5.10 Å². The Kier molecular flexibility index (Phi) is 8.38. The van der Waals surface area contributed by atoms with Gasteiger partial charge in [-0.3, -0.25) is 24.6 Å². The second kappa shape index (κ2) is 12.5. The summed E-state index contributed by atoms with van der Waals surface area (Å²) in [5, 5.41) is 11.5. The quantitative estimate of drug-likeness (QED) is 0.247. The molecule has 2 aromatic carbocycles. The van der Waals surface area contributed by atoms with Crippen molar-refractivity contribution < 1.29 is 23.5 Å². The molecule has 10 heteroatoms. The third-order valence-corrected chi connectivity index (χ3v) is 8.41. The number of aromatic nitrogens is 3. The average molecular weight is 586 g/mol. The number of hydrogen-bond acceptors (Lipinski definition) is 7. The summed E-state index contributed by atoms with van der Waals surface area (Å²) < 4.78 is 26.0. The number of methoxy groups -OCH3 is 1. The monoisotopic (exact) mass is 585 g/mol. The van der Waals surface area contributed by atoms with E-state index >= 15 is 0 Å². The van der Waals surface area contributed by atoms with Crippen LogP contribution in [0.3, 0.4) is 0 Å². The maximum atomic E-state index is 14.9. The van der Waals surface area contributed by atoms with E-state index in [9.17, 15) is 14.0 Å². The number of amides is 1. The molecule has 3 heterocycles. The number of carbonyl (C=O) groups is 2. The van der Waals surface area contributed by atoms with Crippen molar-refractivity contribution in [1.82, 2.24) is 25.4 Å². The van der Waals surface area contributed by atoms with Crippen LogP contribution in [-0.2, 0) is 16.1 Å². The molecule has 2 aliphatic rings. The van der Waals surface area contributed by atoms with Crippen LogP contribution in [0.2, 0.25) is 0 Å². The minimum atomic E-state index is -0.537. The van der Waals surface area contributed by atoms with Crippen LogP contribution in [-0.4, -0.2) is 64.3 Å². The number of likely N-dealkylation sites (tertiary alicyclic amines) is 1. The van der Waals surface area contributed by atoms with E-state index in [0.717, 1.165) is 34.3 Å². The maximum absolute atomic E-state index is 14.9. The molecule has 0 radical (unpaired) electrons. The number of H-pyrrole nitrogens is 1. The Morgan fingerprint density at radius 2 is 1.98 bits per heavy atom. The SMILES string of the molecule is COc1cccc(F)c1CN1C[C@H](NC(=O)c2ccc3[nH]nc(-c4ccnc(C)c4)c3c2)CC[C@H]1C(=O)OCCC1CC1. The van der Waals surface area contributed by atoms with E-state index in [-0.39, 0.29) is 24.5 Å². The number of fused-ring (bicyclic) bond motifs is 1. The number of benzene rings is 2. The standard InChI is InChI=1S/C33H36FN5O4/c1-20-16-22(12-14-35-20)31-25-17-23(8-10-28(25)37-38-31)32(40)36-24-9-11-29(33(41)43-15-13-21-6-7-21)39(18-24)19-26-27(34)4-3-5-30(26)42-2/h3-5,8,10,12,14,16-17,21,24,29H,6-7,9,11,13,15,18-19H2,1-2H3,(H,36,40)(H,37,38)/t24-,29+/m1/s1. The molecule has 1 aliphatic heterocycles. The molecular weight excluding hydrogens is 549 g/mol. The van der Waals surface area contributed by atoms with Crippen LogP contribution in [0.5, 0.6) is 5.75 Å². The number of aryl methyl sites for hydroxylation is 1. The lowest BCUT2D eigenvalue weighted by atomic mass is 9.96. The first kappa shape index (κ1) is 28.8. The van der Waals surface area contributed by atoms with Gasteiger partial charge in [0.2, 0.25) is 0 Å². The summed E-state index contributed by atoms with van der Waals surface area (Å²) in [4.78, 5) is 32.8. The number of halogens is 1. The molecule has 1 aliphatic carbocycles. The molecule has 0 spiro atoms. The fourth-order valence-electron chi connectivity index (χ4n) is 5.86. The van der Waals surface area contributed by atoms with Gasteiger partial charge in [-0.1, -0.05) is 18.9 Å². The number of nitrogens with zero attached hydrogens (tertiary/aromatic N) is 3.